The predicted molar refractivity (Wildman–Crippen MR) is 75.7 cm³/mol. The molecular formula is C15H16F3NOS. The number of carbonyl (C=O) groups is 1. The molecular weight excluding hydrogens is 299 g/mol. The first kappa shape index (κ1) is 14.8. The van der Waals surface area contributed by atoms with Crippen LogP contribution < -0.4 is 0 Å². The van der Waals surface area contributed by atoms with Crippen molar-refractivity contribution in [3.63, 3.8) is 0 Å². The summed E-state index contributed by atoms with van der Waals surface area (Å²) in [4.78, 5) is 14.1. The summed E-state index contributed by atoms with van der Waals surface area (Å²) in [6.07, 6.45) is -1.45. The predicted octanol–water partition coefficient (Wildman–Crippen LogP) is 4.08. The van der Waals surface area contributed by atoms with Crippen LogP contribution in [0.15, 0.2) is 24.3 Å². The van der Waals surface area contributed by atoms with Gasteiger partial charge < -0.3 is 4.90 Å². The van der Waals surface area contributed by atoms with E-state index in [-0.39, 0.29) is 17.2 Å². The molecule has 1 aliphatic heterocycles. The lowest BCUT2D eigenvalue weighted by Gasteiger charge is -2.32. The molecule has 1 atom stereocenters. The van der Waals surface area contributed by atoms with Crippen LogP contribution in [0, 0.1) is 5.92 Å². The number of halogens is 3. The first-order valence-corrected chi connectivity index (χ1v) is 8.11. The number of thioether (sulfide) groups is 1. The molecule has 0 unspecified atom stereocenters. The van der Waals surface area contributed by atoms with E-state index < -0.39 is 11.7 Å². The standard InChI is InChI=1S/C15H16F3NOS/c16-15(17,18)12-6-2-5-11(9-12)14-19(7-8-21-14)13(20)10-3-1-4-10/h2,5-6,9-10,14H,1,3-4,7-8H2/t14-/m1/s1. The molecule has 0 N–H and O–H groups in total. The lowest BCUT2D eigenvalue weighted by molar-refractivity contribution is -0.138. The number of alkyl halides is 3. The number of hydrogen-bond acceptors (Lipinski definition) is 2. The number of carbonyl (C=O) groups excluding carboxylic acids is 1. The number of nitrogens with zero attached hydrogens (tertiary/aromatic N) is 1. The molecule has 0 bridgehead atoms. The van der Waals surface area contributed by atoms with E-state index in [1.54, 1.807) is 22.7 Å². The van der Waals surface area contributed by atoms with Crippen LogP contribution >= 0.6 is 11.8 Å². The third-order valence-electron chi connectivity index (χ3n) is 4.13. The molecule has 3 rings (SSSR count). The van der Waals surface area contributed by atoms with Gasteiger partial charge in [0.05, 0.1) is 5.56 Å². The Kier molecular flexibility index (Phi) is 3.90. The maximum absolute atomic E-state index is 12.8. The van der Waals surface area contributed by atoms with Crippen LogP contribution in [0.5, 0.6) is 0 Å². The minimum atomic E-state index is -4.35. The molecule has 0 spiro atoms. The molecule has 21 heavy (non-hydrogen) atoms. The van der Waals surface area contributed by atoms with Crippen molar-refractivity contribution in [1.29, 1.82) is 0 Å². The van der Waals surface area contributed by atoms with Crippen molar-refractivity contribution in [2.45, 2.75) is 30.8 Å². The van der Waals surface area contributed by atoms with Gasteiger partial charge in [-0.3, -0.25) is 4.79 Å². The summed E-state index contributed by atoms with van der Waals surface area (Å²) in [6, 6.07) is 5.34. The van der Waals surface area contributed by atoms with Crippen LogP contribution in [-0.2, 0) is 11.0 Å². The Hall–Kier alpha value is -1.17. The van der Waals surface area contributed by atoms with Gasteiger partial charge in [-0.1, -0.05) is 18.6 Å². The fourth-order valence-corrected chi connectivity index (χ4v) is 3.98. The monoisotopic (exact) mass is 315 g/mol. The van der Waals surface area contributed by atoms with Crippen LogP contribution in [0.2, 0.25) is 0 Å². The Balaban J connectivity index is 1.83. The fraction of sp³-hybridized carbons (Fsp3) is 0.533. The van der Waals surface area contributed by atoms with Gasteiger partial charge in [0.25, 0.3) is 0 Å². The van der Waals surface area contributed by atoms with E-state index >= 15 is 0 Å². The lowest BCUT2D eigenvalue weighted by Crippen LogP contribution is -2.38. The third kappa shape index (κ3) is 2.91. The van der Waals surface area contributed by atoms with Crippen molar-refractivity contribution in [1.82, 2.24) is 4.90 Å². The van der Waals surface area contributed by atoms with Gasteiger partial charge in [-0.15, -0.1) is 11.8 Å². The zero-order valence-electron chi connectivity index (χ0n) is 11.4. The minimum absolute atomic E-state index is 0.0806. The SMILES string of the molecule is O=C(C1CCC1)N1CCS[C@@H]1c1cccc(C(F)(F)F)c1. The maximum atomic E-state index is 12.8. The summed E-state index contributed by atoms with van der Waals surface area (Å²) < 4.78 is 38.4. The number of hydrogen-bond donors (Lipinski definition) is 0. The molecule has 2 nitrogen and oxygen atoms in total. The van der Waals surface area contributed by atoms with Gasteiger partial charge in [-0.2, -0.15) is 13.2 Å². The smallest absolute Gasteiger partial charge is 0.325 e. The van der Waals surface area contributed by atoms with Gasteiger partial charge in [0.2, 0.25) is 5.91 Å². The highest BCUT2D eigenvalue weighted by molar-refractivity contribution is 7.99. The van der Waals surface area contributed by atoms with Gasteiger partial charge in [-0.25, -0.2) is 0 Å². The maximum Gasteiger partial charge on any atom is 0.416 e. The van der Waals surface area contributed by atoms with Crippen molar-refractivity contribution in [3.8, 4) is 0 Å². The normalized spacial score (nSPS) is 23.2. The van der Waals surface area contributed by atoms with Gasteiger partial charge in [0, 0.05) is 18.2 Å². The molecule has 0 aromatic heterocycles. The largest absolute Gasteiger partial charge is 0.416 e. The van der Waals surface area contributed by atoms with Crippen molar-refractivity contribution in [2.24, 2.45) is 5.92 Å². The van der Waals surface area contributed by atoms with Crippen LogP contribution in [0.1, 0.15) is 35.8 Å². The molecule has 1 saturated heterocycles. The second kappa shape index (κ2) is 5.55. The molecule has 114 valence electrons. The summed E-state index contributed by atoms with van der Waals surface area (Å²) in [5, 5.41) is -0.277. The first-order valence-electron chi connectivity index (χ1n) is 7.06. The van der Waals surface area contributed by atoms with Gasteiger partial charge in [0.1, 0.15) is 5.37 Å². The zero-order valence-corrected chi connectivity index (χ0v) is 12.2. The summed E-state index contributed by atoms with van der Waals surface area (Å²) in [5.41, 5.74) is -0.0801. The molecule has 1 saturated carbocycles. The summed E-state index contributed by atoms with van der Waals surface area (Å²) in [7, 11) is 0. The van der Waals surface area contributed by atoms with E-state index in [0.717, 1.165) is 31.1 Å². The Morgan fingerprint density at radius 2 is 2.05 bits per heavy atom. The van der Waals surface area contributed by atoms with E-state index in [9.17, 15) is 18.0 Å². The van der Waals surface area contributed by atoms with Crippen LogP contribution in [0.4, 0.5) is 13.2 Å². The number of rotatable bonds is 2. The number of amides is 1. The van der Waals surface area contributed by atoms with E-state index in [0.29, 0.717) is 12.1 Å². The van der Waals surface area contributed by atoms with E-state index in [2.05, 4.69) is 0 Å². The highest BCUT2D eigenvalue weighted by atomic mass is 32.2. The van der Waals surface area contributed by atoms with Crippen molar-refractivity contribution < 1.29 is 18.0 Å². The summed E-state index contributed by atoms with van der Waals surface area (Å²) >= 11 is 1.54. The number of benzene rings is 1. The highest BCUT2D eigenvalue weighted by Crippen LogP contribution is 2.42. The van der Waals surface area contributed by atoms with Crippen molar-refractivity contribution in [3.05, 3.63) is 35.4 Å². The third-order valence-corrected chi connectivity index (χ3v) is 5.39. The van der Waals surface area contributed by atoms with Crippen LogP contribution in [0.25, 0.3) is 0 Å². The summed E-state index contributed by atoms with van der Waals surface area (Å²) in [5.74, 6) is 0.963. The molecule has 1 aromatic carbocycles. The molecule has 1 aliphatic carbocycles. The molecule has 1 amide bonds. The average Bonchev–Trinajstić information content (AvgIpc) is 2.85. The average molecular weight is 315 g/mol. The quantitative estimate of drug-likeness (QED) is 0.819. The zero-order chi connectivity index (χ0) is 15.0. The van der Waals surface area contributed by atoms with E-state index in [1.807, 2.05) is 0 Å². The second-order valence-corrected chi connectivity index (χ2v) is 6.69. The van der Waals surface area contributed by atoms with E-state index in [1.165, 1.54) is 12.1 Å². The van der Waals surface area contributed by atoms with Gasteiger partial charge in [0.15, 0.2) is 0 Å². The Morgan fingerprint density at radius 3 is 2.67 bits per heavy atom. The molecule has 0 radical (unpaired) electrons. The van der Waals surface area contributed by atoms with Crippen molar-refractivity contribution >= 4 is 17.7 Å². The topological polar surface area (TPSA) is 20.3 Å². The minimum Gasteiger partial charge on any atom is -0.325 e. The van der Waals surface area contributed by atoms with Gasteiger partial charge >= 0.3 is 6.18 Å². The molecule has 1 heterocycles. The van der Waals surface area contributed by atoms with Crippen molar-refractivity contribution in [2.75, 3.05) is 12.3 Å². The molecule has 2 fully saturated rings. The first-order chi connectivity index (χ1) is 9.97. The Labute approximate surface area is 125 Å². The second-order valence-electron chi connectivity index (χ2n) is 5.51. The van der Waals surface area contributed by atoms with Gasteiger partial charge in [-0.05, 0) is 30.5 Å². The van der Waals surface area contributed by atoms with E-state index in [4.69, 9.17) is 0 Å². The fourth-order valence-electron chi connectivity index (χ4n) is 2.73. The molecule has 2 aliphatic rings. The highest BCUT2D eigenvalue weighted by Gasteiger charge is 2.38. The van der Waals surface area contributed by atoms with Crippen LogP contribution in [-0.4, -0.2) is 23.1 Å². The Bertz CT molecular complexity index is 542. The van der Waals surface area contributed by atoms with Crippen LogP contribution in [0.3, 0.4) is 0 Å². The molecule has 1 aromatic rings. The summed E-state index contributed by atoms with van der Waals surface area (Å²) in [6.45, 7) is 0.626. The molecule has 6 heteroatoms. The Morgan fingerprint density at radius 1 is 1.29 bits per heavy atom. The lowest BCUT2D eigenvalue weighted by atomic mass is 9.84.